The van der Waals surface area contributed by atoms with Crippen LogP contribution in [0.1, 0.15) is 26.7 Å². The van der Waals surface area contributed by atoms with Crippen molar-refractivity contribution in [2.45, 2.75) is 26.7 Å². The molecule has 0 radical (unpaired) electrons. The van der Waals surface area contributed by atoms with Crippen LogP contribution < -0.4 is 0 Å². The molecule has 0 unspecified atom stereocenters. The zero-order valence-corrected chi connectivity index (χ0v) is 5.35. The summed E-state index contributed by atoms with van der Waals surface area (Å²) in [4.78, 5) is 10.1. The van der Waals surface area contributed by atoms with E-state index in [0.29, 0.717) is 0 Å². The van der Waals surface area contributed by atoms with Gasteiger partial charge in [-0.2, -0.15) is 0 Å². The van der Waals surface area contributed by atoms with Crippen LogP contribution >= 0.6 is 0 Å². The van der Waals surface area contributed by atoms with Gasteiger partial charge in [-0.05, 0) is 6.42 Å². The Labute approximate surface area is 77.9 Å². The van der Waals surface area contributed by atoms with Gasteiger partial charge in [-0.25, -0.2) is 0 Å². The molecule has 0 rings (SSSR count). The third-order valence-corrected chi connectivity index (χ3v) is 1.14. The van der Waals surface area contributed by atoms with Gasteiger partial charge < -0.3 is 5.11 Å². The molecular formula is C6H13NaO2. The molecule has 9 heavy (non-hydrogen) atoms. The average molecular weight is 140 g/mol. The van der Waals surface area contributed by atoms with Crippen molar-refractivity contribution in [3.05, 3.63) is 0 Å². The van der Waals surface area contributed by atoms with Crippen molar-refractivity contribution in [3.8, 4) is 0 Å². The van der Waals surface area contributed by atoms with Crippen molar-refractivity contribution < 1.29 is 9.90 Å². The van der Waals surface area contributed by atoms with E-state index in [1.54, 1.807) is 6.92 Å². The molecule has 0 heterocycles. The Morgan fingerprint density at radius 3 is 2.22 bits per heavy atom. The number of aliphatic carboxylic acids is 1. The summed E-state index contributed by atoms with van der Waals surface area (Å²) in [6, 6.07) is 0. The summed E-state index contributed by atoms with van der Waals surface area (Å²) in [5.74, 6) is -0.855. The third kappa shape index (κ3) is 6.35. The summed E-state index contributed by atoms with van der Waals surface area (Å²) in [7, 11) is 0. The van der Waals surface area contributed by atoms with Gasteiger partial charge in [0.05, 0.1) is 5.92 Å². The number of hydrogen-bond donors (Lipinski definition) is 1. The number of carboxylic acid groups (broad SMARTS) is 1. The average Bonchev–Trinajstić information content (AvgIpc) is 1.67. The molecule has 0 aromatic rings. The van der Waals surface area contributed by atoms with Crippen molar-refractivity contribution in [2.75, 3.05) is 0 Å². The number of carbonyl (C=O) groups is 1. The van der Waals surface area contributed by atoms with E-state index in [1.807, 2.05) is 6.92 Å². The molecule has 0 saturated heterocycles. The second-order valence-electron chi connectivity index (χ2n) is 2.03. The fourth-order valence-corrected chi connectivity index (χ4v) is 0.556. The summed E-state index contributed by atoms with van der Waals surface area (Å²) >= 11 is 0. The molecule has 1 atom stereocenters. The molecular weight excluding hydrogens is 127 g/mol. The van der Waals surface area contributed by atoms with E-state index in [2.05, 4.69) is 0 Å². The van der Waals surface area contributed by atoms with Crippen LogP contribution in [0.15, 0.2) is 0 Å². The standard InChI is InChI=1S/C6H12O2.Na.H/c1-3-4-5(2)6(7)8;;/h5H,3-4H2,1-2H3,(H,7,8);;/t5-;;/m0../s1. The quantitative estimate of drug-likeness (QED) is 0.590. The first-order chi connectivity index (χ1) is 3.68. The Morgan fingerprint density at radius 1 is 1.67 bits per heavy atom. The first-order valence-corrected chi connectivity index (χ1v) is 2.91. The van der Waals surface area contributed by atoms with Gasteiger partial charge >= 0.3 is 35.5 Å². The predicted octanol–water partition coefficient (Wildman–Crippen LogP) is 0.859. The van der Waals surface area contributed by atoms with E-state index in [0.717, 1.165) is 12.8 Å². The molecule has 1 N–H and O–H groups in total. The van der Waals surface area contributed by atoms with Gasteiger partial charge in [-0.3, -0.25) is 4.79 Å². The van der Waals surface area contributed by atoms with Crippen LogP contribution in [0.3, 0.4) is 0 Å². The van der Waals surface area contributed by atoms with Crippen molar-refractivity contribution in [1.82, 2.24) is 0 Å². The fraction of sp³-hybridized carbons (Fsp3) is 0.833. The Hall–Kier alpha value is 0.470. The molecule has 0 amide bonds. The van der Waals surface area contributed by atoms with Crippen LogP contribution in [-0.2, 0) is 4.79 Å². The van der Waals surface area contributed by atoms with Gasteiger partial charge in [0.15, 0.2) is 0 Å². The normalized spacial score (nSPS) is 11.8. The summed E-state index contributed by atoms with van der Waals surface area (Å²) < 4.78 is 0. The predicted molar refractivity (Wildman–Crippen MR) is 38.9 cm³/mol. The van der Waals surface area contributed by atoms with Gasteiger partial charge in [-0.15, -0.1) is 0 Å². The monoisotopic (exact) mass is 140 g/mol. The van der Waals surface area contributed by atoms with E-state index < -0.39 is 5.97 Å². The Bertz CT molecular complexity index is 83.1. The van der Waals surface area contributed by atoms with Crippen molar-refractivity contribution in [2.24, 2.45) is 5.92 Å². The molecule has 0 aliphatic carbocycles. The molecule has 0 saturated carbocycles. The van der Waals surface area contributed by atoms with Crippen LogP contribution in [0.5, 0.6) is 0 Å². The molecule has 50 valence electrons. The van der Waals surface area contributed by atoms with Crippen LogP contribution in [-0.4, -0.2) is 40.6 Å². The summed E-state index contributed by atoms with van der Waals surface area (Å²) in [6.07, 6.45) is 1.74. The van der Waals surface area contributed by atoms with Crippen LogP contribution in [0.25, 0.3) is 0 Å². The zero-order valence-electron chi connectivity index (χ0n) is 5.35. The molecule has 0 aliphatic rings. The van der Waals surface area contributed by atoms with Crippen molar-refractivity contribution in [1.29, 1.82) is 0 Å². The topological polar surface area (TPSA) is 37.3 Å². The first-order valence-electron chi connectivity index (χ1n) is 2.91. The van der Waals surface area contributed by atoms with Gasteiger partial charge in [0.1, 0.15) is 0 Å². The van der Waals surface area contributed by atoms with E-state index in [4.69, 9.17) is 5.11 Å². The second-order valence-corrected chi connectivity index (χ2v) is 2.03. The molecule has 0 aliphatic heterocycles. The zero-order chi connectivity index (χ0) is 6.57. The molecule has 3 heteroatoms. The van der Waals surface area contributed by atoms with E-state index in [1.165, 1.54) is 0 Å². The van der Waals surface area contributed by atoms with Gasteiger partial charge in [0.25, 0.3) is 0 Å². The molecule has 2 nitrogen and oxygen atoms in total. The van der Waals surface area contributed by atoms with Crippen LogP contribution in [0.2, 0.25) is 0 Å². The van der Waals surface area contributed by atoms with E-state index in [-0.39, 0.29) is 35.5 Å². The third-order valence-electron chi connectivity index (χ3n) is 1.14. The maximum atomic E-state index is 10.1. The minimum absolute atomic E-state index is 0. The van der Waals surface area contributed by atoms with Crippen LogP contribution in [0, 0.1) is 5.92 Å². The van der Waals surface area contributed by atoms with Gasteiger partial charge in [-0.1, -0.05) is 20.3 Å². The van der Waals surface area contributed by atoms with Crippen molar-refractivity contribution >= 4 is 35.5 Å². The molecule has 0 fully saturated rings. The van der Waals surface area contributed by atoms with Gasteiger partial charge in [0.2, 0.25) is 0 Å². The second kappa shape index (κ2) is 6.59. The Morgan fingerprint density at radius 2 is 2.11 bits per heavy atom. The summed E-state index contributed by atoms with van der Waals surface area (Å²) in [5.41, 5.74) is 0. The molecule has 0 spiro atoms. The molecule has 0 bridgehead atoms. The van der Waals surface area contributed by atoms with Crippen LogP contribution in [0.4, 0.5) is 0 Å². The number of carboxylic acids is 1. The number of rotatable bonds is 3. The fourth-order valence-electron chi connectivity index (χ4n) is 0.556. The van der Waals surface area contributed by atoms with Gasteiger partial charge in [0, 0.05) is 0 Å². The SMILES string of the molecule is CCC[C@H](C)C(=O)O.[NaH]. The summed E-state index contributed by atoms with van der Waals surface area (Å²) in [6.45, 7) is 3.71. The summed E-state index contributed by atoms with van der Waals surface area (Å²) in [5, 5.41) is 8.31. The molecule has 0 aromatic heterocycles. The Balaban J connectivity index is 0. The minimum atomic E-state index is -0.688. The van der Waals surface area contributed by atoms with E-state index >= 15 is 0 Å². The Kier molecular flexibility index (Phi) is 8.91. The van der Waals surface area contributed by atoms with E-state index in [9.17, 15) is 4.79 Å². The van der Waals surface area contributed by atoms with Crippen molar-refractivity contribution in [3.63, 3.8) is 0 Å². The molecule has 0 aromatic carbocycles. The number of hydrogen-bond acceptors (Lipinski definition) is 1. The maximum absolute atomic E-state index is 10.1. The first kappa shape index (κ1) is 12.2.